The Labute approximate surface area is 121 Å². The van der Waals surface area contributed by atoms with Crippen molar-refractivity contribution < 1.29 is 4.92 Å². The quantitative estimate of drug-likeness (QED) is 0.582. The summed E-state index contributed by atoms with van der Waals surface area (Å²) in [6.07, 6.45) is 3.46. The maximum Gasteiger partial charge on any atom is 0.279 e. The van der Waals surface area contributed by atoms with Crippen molar-refractivity contribution in [2.75, 3.05) is 0 Å². The van der Waals surface area contributed by atoms with E-state index in [2.05, 4.69) is 9.97 Å². The lowest BCUT2D eigenvalue weighted by Gasteiger charge is -2.00. The Morgan fingerprint density at radius 2 is 1.95 bits per heavy atom. The molecular formula is C16H13N3O2. The lowest BCUT2D eigenvalue weighted by molar-refractivity contribution is -0.385. The summed E-state index contributed by atoms with van der Waals surface area (Å²) in [6, 6.07) is 13.0. The molecule has 3 aromatic rings. The van der Waals surface area contributed by atoms with Crippen molar-refractivity contribution in [1.82, 2.24) is 9.97 Å². The molecule has 0 atom stereocenters. The van der Waals surface area contributed by atoms with Crippen LogP contribution in [0.2, 0.25) is 0 Å². The molecule has 0 saturated heterocycles. The highest BCUT2D eigenvalue weighted by molar-refractivity contribution is 5.80. The molecule has 0 bridgehead atoms. The smallest absolute Gasteiger partial charge is 0.279 e. The van der Waals surface area contributed by atoms with Crippen LogP contribution in [0.4, 0.5) is 5.69 Å². The van der Waals surface area contributed by atoms with Gasteiger partial charge in [0, 0.05) is 5.56 Å². The number of benzene rings is 2. The molecule has 0 spiro atoms. The fourth-order valence-electron chi connectivity index (χ4n) is 2.29. The van der Waals surface area contributed by atoms with Gasteiger partial charge in [-0.1, -0.05) is 24.3 Å². The first-order chi connectivity index (χ1) is 10.1. The number of aromatic nitrogens is 2. The SMILES string of the molecule is Cc1cccc(/C=C/c2nc3ccccc3[nH]2)c1[N+](=O)[O-]. The normalized spacial score (nSPS) is 11.3. The van der Waals surface area contributed by atoms with Crippen LogP contribution in [0.5, 0.6) is 0 Å². The molecule has 21 heavy (non-hydrogen) atoms. The number of hydrogen-bond donors (Lipinski definition) is 1. The first-order valence-electron chi connectivity index (χ1n) is 6.52. The van der Waals surface area contributed by atoms with Gasteiger partial charge in [-0.3, -0.25) is 10.1 Å². The third kappa shape index (κ3) is 2.53. The van der Waals surface area contributed by atoms with Crippen molar-refractivity contribution in [2.45, 2.75) is 6.92 Å². The molecule has 0 saturated carbocycles. The first-order valence-corrected chi connectivity index (χ1v) is 6.52. The number of nitrogens with zero attached hydrogens (tertiary/aromatic N) is 2. The van der Waals surface area contributed by atoms with Gasteiger partial charge in [0.15, 0.2) is 0 Å². The number of imidazole rings is 1. The van der Waals surface area contributed by atoms with Crippen LogP contribution < -0.4 is 0 Å². The number of H-pyrrole nitrogens is 1. The Kier molecular flexibility index (Phi) is 3.23. The van der Waals surface area contributed by atoms with Crippen molar-refractivity contribution >= 4 is 28.9 Å². The van der Waals surface area contributed by atoms with E-state index in [1.807, 2.05) is 24.3 Å². The second-order valence-corrected chi connectivity index (χ2v) is 4.74. The number of nitro benzene ring substituents is 1. The Bertz CT molecular complexity index is 817. The van der Waals surface area contributed by atoms with Gasteiger partial charge in [0.25, 0.3) is 5.69 Å². The summed E-state index contributed by atoms with van der Waals surface area (Å²) in [7, 11) is 0. The zero-order valence-electron chi connectivity index (χ0n) is 11.4. The summed E-state index contributed by atoms with van der Waals surface area (Å²) < 4.78 is 0. The van der Waals surface area contributed by atoms with Crippen LogP contribution in [0, 0.1) is 17.0 Å². The van der Waals surface area contributed by atoms with Gasteiger partial charge < -0.3 is 4.98 Å². The van der Waals surface area contributed by atoms with Crippen LogP contribution in [0.15, 0.2) is 42.5 Å². The zero-order valence-corrected chi connectivity index (χ0v) is 11.4. The molecule has 1 heterocycles. The van der Waals surface area contributed by atoms with E-state index in [4.69, 9.17) is 0 Å². The van der Waals surface area contributed by atoms with Crippen molar-refractivity contribution in [1.29, 1.82) is 0 Å². The zero-order chi connectivity index (χ0) is 14.8. The number of hydrogen-bond acceptors (Lipinski definition) is 3. The molecule has 5 heteroatoms. The molecule has 104 valence electrons. The number of aromatic amines is 1. The lowest BCUT2D eigenvalue weighted by atomic mass is 10.1. The summed E-state index contributed by atoms with van der Waals surface area (Å²) in [4.78, 5) is 18.4. The monoisotopic (exact) mass is 279 g/mol. The molecule has 5 nitrogen and oxygen atoms in total. The molecule has 0 aliphatic heterocycles. The van der Waals surface area contributed by atoms with Gasteiger partial charge >= 0.3 is 0 Å². The fraction of sp³-hybridized carbons (Fsp3) is 0.0625. The van der Waals surface area contributed by atoms with Gasteiger partial charge in [0.1, 0.15) is 5.82 Å². The van der Waals surface area contributed by atoms with Crippen LogP contribution in [0.25, 0.3) is 23.2 Å². The van der Waals surface area contributed by atoms with Crippen LogP contribution in [-0.2, 0) is 0 Å². The van der Waals surface area contributed by atoms with E-state index in [1.165, 1.54) is 0 Å². The molecule has 1 N–H and O–H groups in total. The molecule has 0 aliphatic rings. The molecule has 2 aromatic carbocycles. The Hall–Kier alpha value is -2.95. The van der Waals surface area contributed by atoms with Gasteiger partial charge in [0.05, 0.1) is 21.5 Å². The number of para-hydroxylation sites is 3. The largest absolute Gasteiger partial charge is 0.338 e. The average molecular weight is 279 g/mol. The number of fused-ring (bicyclic) bond motifs is 1. The predicted molar refractivity (Wildman–Crippen MR) is 82.9 cm³/mol. The minimum Gasteiger partial charge on any atom is -0.338 e. The Balaban J connectivity index is 1.99. The minimum atomic E-state index is -0.354. The molecule has 0 radical (unpaired) electrons. The maximum absolute atomic E-state index is 11.1. The van der Waals surface area contributed by atoms with Gasteiger partial charge in [-0.25, -0.2) is 4.98 Å². The van der Waals surface area contributed by atoms with Gasteiger partial charge in [-0.05, 0) is 37.3 Å². The molecule has 3 rings (SSSR count). The number of nitrogens with one attached hydrogen (secondary N) is 1. The van der Waals surface area contributed by atoms with E-state index in [-0.39, 0.29) is 10.6 Å². The van der Waals surface area contributed by atoms with Crippen LogP contribution in [-0.4, -0.2) is 14.9 Å². The van der Waals surface area contributed by atoms with E-state index in [1.54, 1.807) is 37.3 Å². The number of aryl methyl sites for hydroxylation is 1. The highest BCUT2D eigenvalue weighted by Crippen LogP contribution is 2.24. The molecule has 0 unspecified atom stereocenters. The summed E-state index contributed by atoms with van der Waals surface area (Å²) in [6.45, 7) is 1.73. The van der Waals surface area contributed by atoms with Gasteiger partial charge in [-0.2, -0.15) is 0 Å². The second kappa shape index (κ2) is 5.20. The maximum atomic E-state index is 11.1. The summed E-state index contributed by atoms with van der Waals surface area (Å²) >= 11 is 0. The number of rotatable bonds is 3. The van der Waals surface area contributed by atoms with Crippen molar-refractivity contribution in [2.24, 2.45) is 0 Å². The third-order valence-corrected chi connectivity index (χ3v) is 3.28. The van der Waals surface area contributed by atoms with Crippen LogP contribution in [0.1, 0.15) is 17.0 Å². The van der Waals surface area contributed by atoms with Crippen molar-refractivity contribution in [3.8, 4) is 0 Å². The van der Waals surface area contributed by atoms with Crippen molar-refractivity contribution in [3.05, 3.63) is 69.5 Å². The average Bonchev–Trinajstić information content (AvgIpc) is 2.87. The van der Waals surface area contributed by atoms with Crippen LogP contribution in [0.3, 0.4) is 0 Å². The fourth-order valence-corrected chi connectivity index (χ4v) is 2.29. The minimum absolute atomic E-state index is 0.130. The molecule has 0 fully saturated rings. The summed E-state index contributed by atoms with van der Waals surface area (Å²) in [5.74, 6) is 0.673. The topological polar surface area (TPSA) is 71.8 Å². The molecule has 0 amide bonds. The van der Waals surface area contributed by atoms with E-state index in [9.17, 15) is 10.1 Å². The summed E-state index contributed by atoms with van der Waals surface area (Å²) in [5.41, 5.74) is 3.16. The van der Waals surface area contributed by atoms with E-state index in [0.717, 1.165) is 11.0 Å². The lowest BCUT2D eigenvalue weighted by Crippen LogP contribution is -1.94. The number of nitro groups is 1. The molecule has 0 aliphatic carbocycles. The highest BCUT2D eigenvalue weighted by atomic mass is 16.6. The van der Waals surface area contributed by atoms with Gasteiger partial charge in [0.2, 0.25) is 0 Å². The van der Waals surface area contributed by atoms with E-state index in [0.29, 0.717) is 17.0 Å². The standard InChI is InChI=1S/C16H13N3O2/c1-11-5-4-6-12(16(11)19(20)21)9-10-15-17-13-7-2-3-8-14(13)18-15/h2-10H,1H3,(H,17,18)/b10-9+. The molecular weight excluding hydrogens is 266 g/mol. The van der Waals surface area contributed by atoms with E-state index < -0.39 is 0 Å². The van der Waals surface area contributed by atoms with Crippen molar-refractivity contribution in [3.63, 3.8) is 0 Å². The Morgan fingerprint density at radius 1 is 1.14 bits per heavy atom. The molecule has 1 aromatic heterocycles. The predicted octanol–water partition coefficient (Wildman–Crippen LogP) is 3.95. The first kappa shape index (κ1) is 13.1. The highest BCUT2D eigenvalue weighted by Gasteiger charge is 2.14. The van der Waals surface area contributed by atoms with E-state index >= 15 is 0 Å². The third-order valence-electron chi connectivity index (χ3n) is 3.28. The van der Waals surface area contributed by atoms with Crippen LogP contribution >= 0.6 is 0 Å². The van der Waals surface area contributed by atoms with Gasteiger partial charge in [-0.15, -0.1) is 0 Å². The summed E-state index contributed by atoms with van der Waals surface area (Å²) in [5, 5.41) is 11.1. The second-order valence-electron chi connectivity index (χ2n) is 4.74. The Morgan fingerprint density at radius 3 is 2.71 bits per heavy atom.